The first-order valence-corrected chi connectivity index (χ1v) is 6.57. The molecule has 0 radical (unpaired) electrons. The summed E-state index contributed by atoms with van der Waals surface area (Å²) in [5.74, 6) is 0.256. The molecular formula is C13H21N5O. The van der Waals surface area contributed by atoms with Crippen LogP contribution in [0.1, 0.15) is 24.2 Å². The summed E-state index contributed by atoms with van der Waals surface area (Å²) in [5.41, 5.74) is 11.7. The molecule has 0 aliphatic carbocycles. The molecule has 1 aromatic rings. The lowest BCUT2D eigenvalue weighted by atomic mass is 10.1. The smallest absolute Gasteiger partial charge is 0.250 e. The van der Waals surface area contributed by atoms with Gasteiger partial charge in [0, 0.05) is 25.7 Å². The van der Waals surface area contributed by atoms with E-state index in [9.17, 15) is 4.79 Å². The Balaban J connectivity index is 2.19. The zero-order valence-corrected chi connectivity index (χ0v) is 11.5. The van der Waals surface area contributed by atoms with Gasteiger partial charge in [0.2, 0.25) is 0 Å². The molecule has 1 amide bonds. The van der Waals surface area contributed by atoms with E-state index in [2.05, 4.69) is 28.6 Å². The maximum atomic E-state index is 11.3. The summed E-state index contributed by atoms with van der Waals surface area (Å²) in [4.78, 5) is 20.2. The van der Waals surface area contributed by atoms with Crippen molar-refractivity contribution in [2.24, 2.45) is 5.73 Å². The van der Waals surface area contributed by atoms with E-state index in [-0.39, 0.29) is 0 Å². The molecule has 1 aliphatic heterocycles. The predicted molar refractivity (Wildman–Crippen MR) is 76.1 cm³/mol. The van der Waals surface area contributed by atoms with E-state index in [0.29, 0.717) is 17.3 Å². The lowest BCUT2D eigenvalue weighted by Crippen LogP contribution is -2.52. The van der Waals surface area contributed by atoms with Gasteiger partial charge < -0.3 is 16.4 Å². The fourth-order valence-corrected chi connectivity index (χ4v) is 2.51. The number of carbonyl (C=O) groups is 1. The molecule has 0 aromatic carbocycles. The third-order valence-corrected chi connectivity index (χ3v) is 3.68. The molecule has 19 heavy (non-hydrogen) atoms. The summed E-state index contributed by atoms with van der Waals surface area (Å²) in [7, 11) is 0. The first-order valence-electron chi connectivity index (χ1n) is 6.57. The molecule has 1 fully saturated rings. The van der Waals surface area contributed by atoms with Crippen molar-refractivity contribution in [3.05, 3.63) is 17.8 Å². The van der Waals surface area contributed by atoms with Gasteiger partial charge in [-0.25, -0.2) is 4.98 Å². The van der Waals surface area contributed by atoms with E-state index >= 15 is 0 Å². The van der Waals surface area contributed by atoms with E-state index in [1.165, 1.54) is 6.20 Å². The topological polar surface area (TPSA) is 88.5 Å². The van der Waals surface area contributed by atoms with E-state index < -0.39 is 5.91 Å². The number of nitrogen functional groups attached to an aromatic ring is 1. The van der Waals surface area contributed by atoms with E-state index in [0.717, 1.165) is 32.0 Å². The van der Waals surface area contributed by atoms with Gasteiger partial charge >= 0.3 is 0 Å². The molecule has 6 heteroatoms. The van der Waals surface area contributed by atoms with Crippen LogP contribution in [0, 0.1) is 0 Å². The van der Waals surface area contributed by atoms with Crippen molar-refractivity contribution in [3.63, 3.8) is 0 Å². The highest BCUT2D eigenvalue weighted by Gasteiger charge is 2.23. The van der Waals surface area contributed by atoms with Crippen molar-refractivity contribution in [2.45, 2.75) is 19.9 Å². The molecule has 104 valence electrons. The summed E-state index contributed by atoms with van der Waals surface area (Å²) in [5, 5.41) is 0. The number of anilines is 2. The van der Waals surface area contributed by atoms with Crippen LogP contribution in [0.15, 0.2) is 12.3 Å². The Morgan fingerprint density at radius 2 is 2.26 bits per heavy atom. The molecule has 1 unspecified atom stereocenters. The van der Waals surface area contributed by atoms with Gasteiger partial charge in [-0.05, 0) is 19.5 Å². The molecule has 1 saturated heterocycles. The Labute approximate surface area is 113 Å². The van der Waals surface area contributed by atoms with Gasteiger partial charge in [-0.1, -0.05) is 6.92 Å². The SMILES string of the molecule is CCN1CCN(c2cc(C(N)=O)c(N)cn2)CC1C. The summed E-state index contributed by atoms with van der Waals surface area (Å²) < 4.78 is 0. The number of aromatic nitrogens is 1. The van der Waals surface area contributed by atoms with Gasteiger partial charge in [-0.3, -0.25) is 9.69 Å². The van der Waals surface area contributed by atoms with Crippen LogP contribution in [0.3, 0.4) is 0 Å². The molecule has 1 aromatic heterocycles. The number of hydrogen-bond acceptors (Lipinski definition) is 5. The van der Waals surface area contributed by atoms with Crippen LogP contribution in [0.25, 0.3) is 0 Å². The average molecular weight is 263 g/mol. The van der Waals surface area contributed by atoms with Crippen LogP contribution in [-0.4, -0.2) is 48.0 Å². The second kappa shape index (κ2) is 5.44. The molecule has 2 heterocycles. The number of nitrogens with two attached hydrogens (primary N) is 2. The van der Waals surface area contributed by atoms with E-state index in [1.54, 1.807) is 6.07 Å². The third-order valence-electron chi connectivity index (χ3n) is 3.68. The van der Waals surface area contributed by atoms with Crippen molar-refractivity contribution in [3.8, 4) is 0 Å². The molecular weight excluding hydrogens is 242 g/mol. The Morgan fingerprint density at radius 1 is 1.53 bits per heavy atom. The van der Waals surface area contributed by atoms with Crippen LogP contribution >= 0.6 is 0 Å². The molecule has 0 spiro atoms. The first kappa shape index (κ1) is 13.6. The average Bonchev–Trinajstić information content (AvgIpc) is 2.38. The van der Waals surface area contributed by atoms with Gasteiger partial charge in [0.25, 0.3) is 5.91 Å². The minimum absolute atomic E-state index is 0.330. The maximum absolute atomic E-state index is 11.3. The van der Waals surface area contributed by atoms with Gasteiger partial charge in [-0.2, -0.15) is 0 Å². The summed E-state index contributed by atoms with van der Waals surface area (Å²) in [6.45, 7) is 8.20. The van der Waals surface area contributed by atoms with E-state index in [1.807, 2.05) is 0 Å². The Bertz CT molecular complexity index is 476. The third kappa shape index (κ3) is 2.78. The second-order valence-electron chi connectivity index (χ2n) is 4.92. The number of piperazine rings is 1. The summed E-state index contributed by atoms with van der Waals surface area (Å²) in [6.07, 6.45) is 1.51. The van der Waals surface area contributed by atoms with Crippen molar-refractivity contribution in [1.82, 2.24) is 9.88 Å². The number of primary amides is 1. The van der Waals surface area contributed by atoms with Crippen molar-refractivity contribution in [2.75, 3.05) is 36.8 Å². The van der Waals surface area contributed by atoms with Gasteiger partial charge in [-0.15, -0.1) is 0 Å². The monoisotopic (exact) mass is 263 g/mol. The van der Waals surface area contributed by atoms with E-state index in [4.69, 9.17) is 11.5 Å². The fraction of sp³-hybridized carbons (Fsp3) is 0.538. The predicted octanol–water partition coefficient (Wildman–Crippen LogP) is 0.293. The molecule has 1 atom stereocenters. The van der Waals surface area contributed by atoms with Crippen LogP contribution in [0.5, 0.6) is 0 Å². The van der Waals surface area contributed by atoms with Crippen molar-refractivity contribution < 1.29 is 4.79 Å². The first-order chi connectivity index (χ1) is 9.02. The zero-order chi connectivity index (χ0) is 14.0. The number of pyridine rings is 1. The van der Waals surface area contributed by atoms with Crippen LogP contribution in [-0.2, 0) is 0 Å². The highest BCUT2D eigenvalue weighted by Crippen LogP contribution is 2.20. The molecule has 4 N–H and O–H groups in total. The second-order valence-corrected chi connectivity index (χ2v) is 4.92. The van der Waals surface area contributed by atoms with Gasteiger partial charge in [0.05, 0.1) is 17.4 Å². The van der Waals surface area contributed by atoms with Gasteiger partial charge in [0.15, 0.2) is 0 Å². The molecule has 6 nitrogen and oxygen atoms in total. The minimum atomic E-state index is -0.513. The zero-order valence-electron chi connectivity index (χ0n) is 11.5. The Hall–Kier alpha value is -1.82. The molecule has 0 saturated carbocycles. The number of likely N-dealkylation sites (N-methyl/N-ethyl adjacent to an activating group) is 1. The van der Waals surface area contributed by atoms with Crippen molar-refractivity contribution in [1.29, 1.82) is 0 Å². The normalized spacial score (nSPS) is 20.5. The lowest BCUT2D eigenvalue weighted by Gasteiger charge is -2.40. The minimum Gasteiger partial charge on any atom is -0.397 e. The highest BCUT2D eigenvalue weighted by molar-refractivity contribution is 5.98. The fourth-order valence-electron chi connectivity index (χ4n) is 2.51. The molecule has 2 rings (SSSR count). The number of rotatable bonds is 3. The maximum Gasteiger partial charge on any atom is 0.250 e. The van der Waals surface area contributed by atoms with Gasteiger partial charge in [0.1, 0.15) is 5.82 Å². The number of carbonyl (C=O) groups excluding carboxylic acids is 1. The number of hydrogen-bond donors (Lipinski definition) is 2. The number of amides is 1. The number of nitrogens with zero attached hydrogens (tertiary/aromatic N) is 3. The largest absolute Gasteiger partial charge is 0.397 e. The molecule has 0 bridgehead atoms. The standard InChI is InChI=1S/C13H21N5O/c1-3-17-4-5-18(8-9(17)2)12-6-10(13(15)19)11(14)7-16-12/h6-7,9H,3-5,8,14H2,1-2H3,(H2,15,19). The highest BCUT2D eigenvalue weighted by atomic mass is 16.1. The van der Waals surface area contributed by atoms with Crippen molar-refractivity contribution >= 4 is 17.4 Å². The van der Waals surface area contributed by atoms with Crippen LogP contribution in [0.2, 0.25) is 0 Å². The lowest BCUT2D eigenvalue weighted by molar-refractivity contribution is 0.100. The Kier molecular flexibility index (Phi) is 3.90. The summed E-state index contributed by atoms with van der Waals surface area (Å²) >= 11 is 0. The summed E-state index contributed by atoms with van der Waals surface area (Å²) in [6, 6.07) is 2.15. The van der Waals surface area contributed by atoms with Crippen LogP contribution < -0.4 is 16.4 Å². The Morgan fingerprint density at radius 3 is 2.84 bits per heavy atom. The molecule has 1 aliphatic rings. The van der Waals surface area contributed by atoms with Crippen LogP contribution in [0.4, 0.5) is 11.5 Å². The quantitative estimate of drug-likeness (QED) is 0.818.